The molecule has 146 valence electrons. The van der Waals surface area contributed by atoms with E-state index in [-0.39, 0.29) is 5.75 Å². The minimum absolute atomic E-state index is 0.00525. The molecular weight excluding hydrogens is 388 g/mol. The Morgan fingerprint density at radius 1 is 1.07 bits per heavy atom. The van der Waals surface area contributed by atoms with E-state index in [0.29, 0.717) is 22.2 Å². The first-order valence-corrected chi connectivity index (χ1v) is 9.41. The fraction of sp³-hybridized carbons (Fsp3) is 0.130. The van der Waals surface area contributed by atoms with Gasteiger partial charge in [-0.15, -0.1) is 0 Å². The highest BCUT2D eigenvalue weighted by Crippen LogP contribution is 2.33. The number of oxazole rings is 1. The average molecular weight is 407 g/mol. The van der Waals surface area contributed by atoms with Gasteiger partial charge in [-0.2, -0.15) is 0 Å². The number of nitrogens with zero attached hydrogens (tertiary/aromatic N) is 2. The molecule has 0 aliphatic rings. The first kappa shape index (κ1) is 19.0. The van der Waals surface area contributed by atoms with Crippen LogP contribution in [0.25, 0.3) is 22.6 Å². The van der Waals surface area contributed by atoms with Crippen LogP contribution in [0.5, 0.6) is 11.5 Å². The molecule has 5 nitrogen and oxygen atoms in total. The molecule has 1 aromatic heterocycles. The largest absolute Gasteiger partial charge is 0.504 e. The van der Waals surface area contributed by atoms with Gasteiger partial charge in [0.1, 0.15) is 5.52 Å². The van der Waals surface area contributed by atoms with Crippen LogP contribution in [0.3, 0.4) is 0 Å². The van der Waals surface area contributed by atoms with Gasteiger partial charge in [-0.3, -0.25) is 4.99 Å². The number of fused-ring (bicyclic) bond motifs is 1. The van der Waals surface area contributed by atoms with Gasteiger partial charge in [-0.05, 0) is 67.4 Å². The molecule has 29 heavy (non-hydrogen) atoms. The van der Waals surface area contributed by atoms with Gasteiger partial charge in [0.25, 0.3) is 0 Å². The molecule has 1 N–H and O–H groups in total. The Balaban J connectivity index is 1.60. The van der Waals surface area contributed by atoms with E-state index in [1.807, 2.05) is 36.4 Å². The van der Waals surface area contributed by atoms with Crippen LogP contribution >= 0.6 is 11.6 Å². The third-order valence-corrected chi connectivity index (χ3v) is 4.98. The minimum atomic E-state index is -0.00525. The number of aliphatic imine (C=N–C) groups is 1. The van der Waals surface area contributed by atoms with E-state index in [4.69, 9.17) is 20.8 Å². The maximum Gasteiger partial charge on any atom is 0.227 e. The van der Waals surface area contributed by atoms with Crippen molar-refractivity contribution in [2.75, 3.05) is 7.11 Å². The third kappa shape index (κ3) is 3.82. The van der Waals surface area contributed by atoms with E-state index in [0.717, 1.165) is 22.4 Å². The zero-order valence-corrected chi connectivity index (χ0v) is 17.0. The van der Waals surface area contributed by atoms with Gasteiger partial charge in [0.05, 0.1) is 12.8 Å². The van der Waals surface area contributed by atoms with Crippen LogP contribution in [0, 0.1) is 13.8 Å². The van der Waals surface area contributed by atoms with Crippen molar-refractivity contribution < 1.29 is 14.3 Å². The van der Waals surface area contributed by atoms with E-state index in [2.05, 4.69) is 23.8 Å². The normalized spacial score (nSPS) is 11.4. The lowest BCUT2D eigenvalue weighted by atomic mass is 10.1. The molecule has 0 spiro atoms. The van der Waals surface area contributed by atoms with Crippen LogP contribution in [0.15, 0.2) is 57.9 Å². The predicted octanol–water partition coefficient (Wildman–Crippen LogP) is 6.23. The maximum atomic E-state index is 10.2. The molecule has 1 heterocycles. The molecule has 0 bridgehead atoms. The lowest BCUT2D eigenvalue weighted by Gasteiger charge is -2.06. The Bertz CT molecular complexity index is 1190. The summed E-state index contributed by atoms with van der Waals surface area (Å²) in [6, 6.07) is 14.7. The summed E-state index contributed by atoms with van der Waals surface area (Å²) in [4.78, 5) is 8.99. The summed E-state index contributed by atoms with van der Waals surface area (Å²) in [6.07, 6.45) is 1.55. The van der Waals surface area contributed by atoms with Crippen LogP contribution in [0.4, 0.5) is 5.69 Å². The lowest BCUT2D eigenvalue weighted by Crippen LogP contribution is -1.89. The maximum absolute atomic E-state index is 10.2. The number of ether oxygens (including phenoxy) is 1. The van der Waals surface area contributed by atoms with Crippen LogP contribution in [-0.2, 0) is 0 Å². The summed E-state index contributed by atoms with van der Waals surface area (Å²) in [7, 11) is 1.47. The molecule has 0 saturated heterocycles. The van der Waals surface area contributed by atoms with Crippen LogP contribution in [0.2, 0.25) is 5.02 Å². The second-order valence-corrected chi connectivity index (χ2v) is 7.21. The minimum Gasteiger partial charge on any atom is -0.504 e. The van der Waals surface area contributed by atoms with Gasteiger partial charge >= 0.3 is 0 Å². The number of aryl methyl sites for hydroxylation is 2. The number of rotatable bonds is 4. The Kier molecular flexibility index (Phi) is 4.99. The number of phenols is 1. The van der Waals surface area contributed by atoms with Crippen molar-refractivity contribution in [2.24, 2.45) is 4.99 Å². The second-order valence-electron chi connectivity index (χ2n) is 6.77. The molecule has 0 unspecified atom stereocenters. The Morgan fingerprint density at radius 3 is 2.52 bits per heavy atom. The lowest BCUT2D eigenvalue weighted by molar-refractivity contribution is 0.373. The molecule has 0 saturated carbocycles. The Labute approximate surface area is 173 Å². The Morgan fingerprint density at radius 2 is 1.79 bits per heavy atom. The summed E-state index contributed by atoms with van der Waals surface area (Å²) in [5, 5.41) is 10.7. The van der Waals surface area contributed by atoms with Gasteiger partial charge in [-0.1, -0.05) is 11.6 Å². The smallest absolute Gasteiger partial charge is 0.227 e. The fourth-order valence-electron chi connectivity index (χ4n) is 2.99. The van der Waals surface area contributed by atoms with E-state index < -0.39 is 0 Å². The van der Waals surface area contributed by atoms with E-state index in [1.165, 1.54) is 18.2 Å². The standard InChI is InChI=1S/C23H19ClN2O3/c1-13-8-19-20(9-14(13)2)29-23(26-19)15-4-6-18(7-5-15)25-12-16-10-17(24)11-21(28-3)22(16)27/h4-12,27H,1-3H3. The number of phenolic OH excluding ortho intramolecular Hbond substituents is 1. The fourth-order valence-corrected chi connectivity index (χ4v) is 3.20. The molecule has 0 atom stereocenters. The van der Waals surface area contributed by atoms with Gasteiger partial charge in [0, 0.05) is 28.4 Å². The van der Waals surface area contributed by atoms with Crippen molar-refractivity contribution in [3.05, 3.63) is 70.2 Å². The quantitative estimate of drug-likeness (QED) is 0.408. The molecule has 6 heteroatoms. The number of halogens is 1. The molecule has 0 radical (unpaired) electrons. The molecule has 4 rings (SSSR count). The van der Waals surface area contributed by atoms with Crippen molar-refractivity contribution >= 4 is 34.6 Å². The van der Waals surface area contributed by atoms with Crippen molar-refractivity contribution in [2.45, 2.75) is 13.8 Å². The van der Waals surface area contributed by atoms with Gasteiger partial charge in [0.2, 0.25) is 5.89 Å². The zero-order chi connectivity index (χ0) is 20.5. The molecule has 0 amide bonds. The summed E-state index contributed by atoms with van der Waals surface area (Å²) in [5.41, 5.74) is 6.03. The van der Waals surface area contributed by atoms with Crippen molar-refractivity contribution in [1.29, 1.82) is 0 Å². The summed E-state index contributed by atoms with van der Waals surface area (Å²) >= 11 is 6.05. The first-order chi connectivity index (χ1) is 13.9. The summed E-state index contributed by atoms with van der Waals surface area (Å²) in [6.45, 7) is 4.11. The number of methoxy groups -OCH3 is 1. The van der Waals surface area contributed by atoms with Gasteiger partial charge in [0.15, 0.2) is 17.1 Å². The predicted molar refractivity (Wildman–Crippen MR) is 116 cm³/mol. The monoisotopic (exact) mass is 406 g/mol. The number of benzene rings is 3. The van der Waals surface area contributed by atoms with Crippen molar-refractivity contribution in [3.63, 3.8) is 0 Å². The summed E-state index contributed by atoms with van der Waals surface area (Å²) < 4.78 is 11.0. The number of hydrogen-bond donors (Lipinski definition) is 1. The summed E-state index contributed by atoms with van der Waals surface area (Å²) in [5.74, 6) is 0.864. The van der Waals surface area contributed by atoms with E-state index in [1.54, 1.807) is 18.3 Å². The molecule has 4 aromatic rings. The molecule has 0 aliphatic heterocycles. The number of aromatic nitrogens is 1. The molecular formula is C23H19ClN2O3. The first-order valence-electron chi connectivity index (χ1n) is 9.03. The van der Waals surface area contributed by atoms with Crippen molar-refractivity contribution in [1.82, 2.24) is 4.98 Å². The highest BCUT2D eigenvalue weighted by Gasteiger charge is 2.10. The van der Waals surface area contributed by atoms with E-state index >= 15 is 0 Å². The van der Waals surface area contributed by atoms with Crippen LogP contribution in [-0.4, -0.2) is 23.4 Å². The van der Waals surface area contributed by atoms with E-state index in [9.17, 15) is 5.11 Å². The SMILES string of the molecule is COc1cc(Cl)cc(C=Nc2ccc(-c3nc4cc(C)c(C)cc4o3)cc2)c1O. The zero-order valence-electron chi connectivity index (χ0n) is 16.2. The topological polar surface area (TPSA) is 67.9 Å². The van der Waals surface area contributed by atoms with Gasteiger partial charge < -0.3 is 14.3 Å². The van der Waals surface area contributed by atoms with Gasteiger partial charge in [-0.25, -0.2) is 4.98 Å². The van der Waals surface area contributed by atoms with Crippen molar-refractivity contribution in [3.8, 4) is 23.0 Å². The highest BCUT2D eigenvalue weighted by atomic mass is 35.5. The molecule has 0 fully saturated rings. The van der Waals surface area contributed by atoms with Crippen LogP contribution in [0.1, 0.15) is 16.7 Å². The highest BCUT2D eigenvalue weighted by molar-refractivity contribution is 6.31. The third-order valence-electron chi connectivity index (χ3n) is 4.76. The number of hydrogen-bond acceptors (Lipinski definition) is 5. The number of aromatic hydroxyl groups is 1. The molecule has 0 aliphatic carbocycles. The Hall–Kier alpha value is -3.31. The second kappa shape index (κ2) is 7.60. The molecule has 3 aromatic carbocycles. The average Bonchev–Trinajstić information content (AvgIpc) is 3.11. The van der Waals surface area contributed by atoms with Crippen LogP contribution < -0.4 is 4.74 Å².